The third-order valence-corrected chi connectivity index (χ3v) is 7.81. The summed E-state index contributed by atoms with van der Waals surface area (Å²) in [7, 11) is 0. The molecule has 3 aliphatic heterocycles. The Hall–Kier alpha value is -2.92. The molecule has 3 aliphatic rings. The monoisotopic (exact) mass is 523 g/mol. The van der Waals surface area contributed by atoms with E-state index in [1.807, 2.05) is 6.07 Å². The minimum absolute atomic E-state index is 0.0475. The maximum atomic E-state index is 15.0. The Balaban J connectivity index is 1.37. The number of fused-ring (bicyclic) bond motifs is 3. The lowest BCUT2D eigenvalue weighted by Crippen LogP contribution is -2.42. The van der Waals surface area contributed by atoms with E-state index in [9.17, 15) is 9.90 Å². The molecule has 2 aromatic heterocycles. The van der Waals surface area contributed by atoms with Gasteiger partial charge in [0.2, 0.25) is 5.95 Å². The van der Waals surface area contributed by atoms with E-state index in [1.54, 1.807) is 18.2 Å². The standard InChI is InChI=1S/C28H34FN5O4/c1-16(2)34-18(12-33-13-19-4-5-20(14-33)38-19)10-25(35)21-6-3-17(9-24(21)34)27-22(29)11-30-28(32-27)31-23-7-8-37-15-26(23)36/h3,6,9-11,16,19-20,23,26,36H,4-5,7-8,12-15H2,1-2H3,(H,30,31,32)/t19?,20?,23-,26-/m1/s1. The molecule has 3 saturated heterocycles. The third kappa shape index (κ3) is 4.93. The molecule has 0 saturated carbocycles. The third-order valence-electron chi connectivity index (χ3n) is 7.81. The number of hydrogen-bond donors (Lipinski definition) is 2. The number of likely N-dealkylation sites (tertiary alicyclic amines) is 1. The van der Waals surface area contributed by atoms with Gasteiger partial charge >= 0.3 is 0 Å². The molecule has 1 aromatic carbocycles. The molecule has 0 aliphatic carbocycles. The van der Waals surface area contributed by atoms with E-state index in [4.69, 9.17) is 9.47 Å². The second-order valence-corrected chi connectivity index (χ2v) is 10.9. The van der Waals surface area contributed by atoms with Crippen LogP contribution in [0.4, 0.5) is 10.3 Å². The number of morpholine rings is 1. The molecule has 2 N–H and O–H groups in total. The van der Waals surface area contributed by atoms with Gasteiger partial charge in [0.1, 0.15) is 5.69 Å². The van der Waals surface area contributed by atoms with Crippen LogP contribution >= 0.6 is 0 Å². The molecule has 0 radical (unpaired) electrons. The van der Waals surface area contributed by atoms with Gasteiger partial charge in [0.15, 0.2) is 11.2 Å². The van der Waals surface area contributed by atoms with Gasteiger partial charge in [-0.25, -0.2) is 14.4 Å². The lowest BCUT2D eigenvalue weighted by atomic mass is 10.1. The Bertz CT molecular complexity index is 1380. The van der Waals surface area contributed by atoms with E-state index in [0.717, 1.165) is 43.3 Å². The predicted molar refractivity (Wildman–Crippen MR) is 142 cm³/mol. The molecule has 0 spiro atoms. The number of aromatic nitrogens is 3. The topological polar surface area (TPSA) is 102 Å². The predicted octanol–water partition coefficient (Wildman–Crippen LogP) is 3.10. The average molecular weight is 524 g/mol. The molecular formula is C28H34FN5O4. The Labute approximate surface area is 220 Å². The maximum absolute atomic E-state index is 15.0. The maximum Gasteiger partial charge on any atom is 0.223 e. The normalized spacial score (nSPS) is 25.8. The van der Waals surface area contributed by atoms with Crippen LogP contribution < -0.4 is 10.7 Å². The summed E-state index contributed by atoms with van der Waals surface area (Å²) < 4.78 is 28.5. The van der Waals surface area contributed by atoms with E-state index >= 15 is 4.39 Å². The second kappa shape index (κ2) is 10.3. The van der Waals surface area contributed by atoms with Gasteiger partial charge in [0, 0.05) is 55.0 Å². The highest BCUT2D eigenvalue weighted by molar-refractivity contribution is 5.84. The Kier molecular flexibility index (Phi) is 6.90. The summed E-state index contributed by atoms with van der Waals surface area (Å²) in [6, 6.07) is 6.88. The van der Waals surface area contributed by atoms with E-state index in [1.165, 1.54) is 0 Å². The first-order chi connectivity index (χ1) is 18.4. The zero-order valence-corrected chi connectivity index (χ0v) is 21.8. The van der Waals surface area contributed by atoms with Crippen LogP contribution in [0.2, 0.25) is 0 Å². The van der Waals surface area contributed by atoms with Gasteiger partial charge in [-0.1, -0.05) is 6.07 Å². The Morgan fingerprint density at radius 3 is 2.71 bits per heavy atom. The van der Waals surface area contributed by atoms with E-state index < -0.39 is 11.9 Å². The van der Waals surface area contributed by atoms with Crippen molar-refractivity contribution >= 4 is 16.9 Å². The number of nitrogens with one attached hydrogen (secondary N) is 1. The first-order valence-electron chi connectivity index (χ1n) is 13.5. The van der Waals surface area contributed by atoms with Crippen molar-refractivity contribution < 1.29 is 19.0 Å². The molecule has 9 nitrogen and oxygen atoms in total. The van der Waals surface area contributed by atoms with Crippen LogP contribution in [0.5, 0.6) is 0 Å². The minimum atomic E-state index is -0.693. The summed E-state index contributed by atoms with van der Waals surface area (Å²) in [5, 5.41) is 13.9. The van der Waals surface area contributed by atoms with Crippen molar-refractivity contribution in [2.24, 2.45) is 0 Å². The SMILES string of the molecule is CC(C)n1c(CN2CC3CCC(C2)O3)cc(=O)c2ccc(-c3nc(N[C@@H]4CCOC[C@H]4O)ncc3F)cc21. The molecule has 4 atom stereocenters. The zero-order valence-electron chi connectivity index (χ0n) is 21.8. The van der Waals surface area contributed by atoms with Crippen LogP contribution in [-0.2, 0) is 16.0 Å². The lowest BCUT2D eigenvalue weighted by Gasteiger charge is -2.33. The summed E-state index contributed by atoms with van der Waals surface area (Å²) in [5.74, 6) is -0.315. The molecule has 202 valence electrons. The zero-order chi connectivity index (χ0) is 26.4. The molecule has 10 heteroatoms. The van der Waals surface area contributed by atoms with Crippen LogP contribution in [0.1, 0.15) is 44.8 Å². The number of ether oxygens (including phenoxy) is 2. The molecule has 3 fully saturated rings. The molecule has 0 amide bonds. The summed E-state index contributed by atoms with van der Waals surface area (Å²) in [6.45, 7) is 7.33. The molecule has 38 heavy (non-hydrogen) atoms. The van der Waals surface area contributed by atoms with Crippen LogP contribution in [0, 0.1) is 5.82 Å². The molecule has 2 unspecified atom stereocenters. The summed E-state index contributed by atoms with van der Waals surface area (Å²) >= 11 is 0. The van der Waals surface area contributed by atoms with Crippen molar-refractivity contribution in [3.05, 3.63) is 52.2 Å². The largest absolute Gasteiger partial charge is 0.389 e. The first kappa shape index (κ1) is 25.4. The highest BCUT2D eigenvalue weighted by Gasteiger charge is 2.34. The molecular weight excluding hydrogens is 489 g/mol. The van der Waals surface area contributed by atoms with E-state index in [2.05, 4.69) is 38.6 Å². The second-order valence-electron chi connectivity index (χ2n) is 10.9. The average Bonchev–Trinajstić information content (AvgIpc) is 3.23. The van der Waals surface area contributed by atoms with Crippen molar-refractivity contribution in [2.75, 3.05) is 31.6 Å². The Morgan fingerprint density at radius 1 is 1.18 bits per heavy atom. The van der Waals surface area contributed by atoms with Crippen LogP contribution in [-0.4, -0.2) is 75.2 Å². The Morgan fingerprint density at radius 2 is 1.97 bits per heavy atom. The quantitative estimate of drug-likeness (QED) is 0.508. The smallest absolute Gasteiger partial charge is 0.223 e. The van der Waals surface area contributed by atoms with Gasteiger partial charge in [-0.05, 0) is 45.2 Å². The van der Waals surface area contributed by atoms with Crippen LogP contribution in [0.25, 0.3) is 22.2 Å². The highest BCUT2D eigenvalue weighted by atomic mass is 19.1. The van der Waals surface area contributed by atoms with Gasteiger partial charge in [0.05, 0.1) is 42.7 Å². The fourth-order valence-electron chi connectivity index (χ4n) is 6.03. The molecule has 6 rings (SSSR count). The van der Waals surface area contributed by atoms with Crippen LogP contribution in [0.3, 0.4) is 0 Å². The summed E-state index contributed by atoms with van der Waals surface area (Å²) in [4.78, 5) is 24.1. The van der Waals surface area contributed by atoms with Crippen molar-refractivity contribution in [1.82, 2.24) is 19.4 Å². The number of anilines is 1. The van der Waals surface area contributed by atoms with Crippen molar-refractivity contribution in [3.63, 3.8) is 0 Å². The van der Waals surface area contributed by atoms with Crippen molar-refractivity contribution in [2.45, 2.75) is 70.1 Å². The van der Waals surface area contributed by atoms with E-state index in [0.29, 0.717) is 30.5 Å². The number of aliphatic hydroxyl groups excluding tert-OH is 1. The number of aliphatic hydroxyl groups is 1. The minimum Gasteiger partial charge on any atom is -0.389 e. The first-order valence-corrected chi connectivity index (χ1v) is 13.5. The van der Waals surface area contributed by atoms with Crippen molar-refractivity contribution in [1.29, 1.82) is 0 Å². The van der Waals surface area contributed by atoms with Gasteiger partial charge in [-0.15, -0.1) is 0 Å². The lowest BCUT2D eigenvalue weighted by molar-refractivity contribution is -0.0417. The fourth-order valence-corrected chi connectivity index (χ4v) is 6.03. The van der Waals surface area contributed by atoms with Gasteiger partial charge in [-0.3, -0.25) is 9.69 Å². The van der Waals surface area contributed by atoms with Gasteiger partial charge in [-0.2, -0.15) is 0 Å². The fraction of sp³-hybridized carbons (Fsp3) is 0.536. The number of nitrogens with zero attached hydrogens (tertiary/aromatic N) is 4. The van der Waals surface area contributed by atoms with Crippen LogP contribution in [0.15, 0.2) is 35.3 Å². The molecule has 3 aromatic rings. The molecule has 2 bridgehead atoms. The highest BCUT2D eigenvalue weighted by Crippen LogP contribution is 2.30. The summed E-state index contributed by atoms with van der Waals surface area (Å²) in [5.41, 5.74) is 2.35. The van der Waals surface area contributed by atoms with Gasteiger partial charge < -0.3 is 24.5 Å². The van der Waals surface area contributed by atoms with E-state index in [-0.39, 0.29) is 48.0 Å². The van der Waals surface area contributed by atoms with Crippen molar-refractivity contribution in [3.8, 4) is 11.3 Å². The number of benzene rings is 1. The van der Waals surface area contributed by atoms with Gasteiger partial charge in [0.25, 0.3) is 0 Å². The number of hydrogen-bond acceptors (Lipinski definition) is 8. The molecule has 5 heterocycles. The number of rotatable bonds is 6. The number of pyridine rings is 1. The number of halogens is 1. The summed E-state index contributed by atoms with van der Waals surface area (Å²) in [6.07, 6.45) is 3.77.